The van der Waals surface area contributed by atoms with Crippen LogP contribution >= 0.6 is 0 Å². The van der Waals surface area contributed by atoms with Crippen molar-refractivity contribution in [2.75, 3.05) is 31.8 Å². The Morgan fingerprint density at radius 2 is 2.10 bits per heavy atom. The Morgan fingerprint density at radius 1 is 1.45 bits per heavy atom. The van der Waals surface area contributed by atoms with Gasteiger partial charge in [-0.2, -0.15) is 0 Å². The smallest absolute Gasteiger partial charge is 0.241 e. The number of benzene rings is 1. The van der Waals surface area contributed by atoms with Gasteiger partial charge < -0.3 is 21.5 Å². The molecule has 7 heteroatoms. The largest absolute Gasteiger partial charge is 0.494 e. The average molecular weight is 280 g/mol. The molecule has 1 aromatic carbocycles. The Hall–Kier alpha value is -2.28. The van der Waals surface area contributed by atoms with Crippen LogP contribution in [-0.4, -0.2) is 43.5 Å². The van der Waals surface area contributed by atoms with Crippen molar-refractivity contribution in [1.82, 2.24) is 4.90 Å². The number of hydrogen-bond acceptors (Lipinski definition) is 5. The molecule has 1 rings (SSSR count). The van der Waals surface area contributed by atoms with E-state index in [2.05, 4.69) is 5.32 Å². The highest BCUT2D eigenvalue weighted by atomic mass is 16.5. The summed E-state index contributed by atoms with van der Waals surface area (Å²) in [6, 6.07) is 4.43. The molecule has 0 saturated heterocycles. The van der Waals surface area contributed by atoms with Gasteiger partial charge in [-0.05, 0) is 26.1 Å². The van der Waals surface area contributed by atoms with Crippen LogP contribution in [0.15, 0.2) is 18.2 Å². The van der Waals surface area contributed by atoms with E-state index in [-0.39, 0.29) is 12.5 Å². The first-order chi connectivity index (χ1) is 9.35. The van der Waals surface area contributed by atoms with E-state index in [1.807, 2.05) is 0 Å². The van der Waals surface area contributed by atoms with Gasteiger partial charge in [0, 0.05) is 11.8 Å². The second-order valence-electron chi connectivity index (χ2n) is 4.51. The molecule has 0 bridgehead atoms. The van der Waals surface area contributed by atoms with Crippen LogP contribution in [0.5, 0.6) is 5.75 Å². The molecule has 0 aliphatic carbocycles. The minimum Gasteiger partial charge on any atom is -0.494 e. The van der Waals surface area contributed by atoms with E-state index in [1.54, 1.807) is 37.1 Å². The number of carbonyl (C=O) groups is 2. The van der Waals surface area contributed by atoms with Crippen molar-refractivity contribution in [3.8, 4) is 5.75 Å². The Bertz CT molecular complexity index is 504. The van der Waals surface area contributed by atoms with Crippen molar-refractivity contribution in [3.63, 3.8) is 0 Å². The van der Waals surface area contributed by atoms with E-state index >= 15 is 0 Å². The lowest BCUT2D eigenvalue weighted by atomic mass is 10.2. The van der Waals surface area contributed by atoms with E-state index in [4.69, 9.17) is 16.2 Å². The molecule has 0 radical (unpaired) electrons. The van der Waals surface area contributed by atoms with Crippen molar-refractivity contribution in [1.29, 1.82) is 0 Å². The number of anilines is 2. The molecule has 1 unspecified atom stereocenters. The third kappa shape index (κ3) is 4.13. The highest BCUT2D eigenvalue weighted by molar-refractivity contribution is 5.96. The Kier molecular flexibility index (Phi) is 5.33. The van der Waals surface area contributed by atoms with Crippen LogP contribution in [0.2, 0.25) is 0 Å². The molecule has 0 aliphatic rings. The maximum atomic E-state index is 12.1. The lowest BCUT2D eigenvalue weighted by molar-refractivity contribution is -0.123. The number of likely N-dealkylation sites (N-methyl/N-ethyl adjacent to an activating group) is 1. The number of carbonyl (C=O) groups excluding carboxylic acids is 2. The molecule has 0 heterocycles. The van der Waals surface area contributed by atoms with E-state index in [0.29, 0.717) is 17.1 Å². The van der Waals surface area contributed by atoms with Crippen LogP contribution in [-0.2, 0) is 9.59 Å². The lowest BCUT2D eigenvalue weighted by Crippen LogP contribution is -2.43. The van der Waals surface area contributed by atoms with Crippen molar-refractivity contribution in [2.24, 2.45) is 5.73 Å². The number of nitrogen functional groups attached to an aromatic ring is 1. The summed E-state index contributed by atoms with van der Waals surface area (Å²) < 4.78 is 5.15. The van der Waals surface area contributed by atoms with Crippen molar-refractivity contribution >= 4 is 23.2 Å². The van der Waals surface area contributed by atoms with E-state index in [1.165, 1.54) is 7.11 Å². The normalized spacial score (nSPS) is 12.0. The maximum absolute atomic E-state index is 12.1. The summed E-state index contributed by atoms with van der Waals surface area (Å²) in [6.07, 6.45) is 0. The molecule has 5 N–H and O–H groups in total. The number of nitrogens with zero attached hydrogens (tertiary/aromatic N) is 1. The summed E-state index contributed by atoms with van der Waals surface area (Å²) in [7, 11) is 3.14. The second kappa shape index (κ2) is 6.76. The standard InChI is InChI=1S/C13H20N4O3/c1-8(17(2)7-12(15)18)13(19)16-10-5-4-9(14)6-11(10)20-3/h4-6,8H,7,14H2,1-3H3,(H2,15,18)(H,16,19). The van der Waals surface area contributed by atoms with Gasteiger partial charge in [-0.3, -0.25) is 14.5 Å². The van der Waals surface area contributed by atoms with Crippen molar-refractivity contribution in [2.45, 2.75) is 13.0 Å². The number of nitrogens with two attached hydrogens (primary N) is 2. The van der Waals surface area contributed by atoms with Gasteiger partial charge in [0.1, 0.15) is 5.75 Å². The first-order valence-electron chi connectivity index (χ1n) is 6.08. The quantitative estimate of drug-likeness (QED) is 0.636. The molecule has 0 fully saturated rings. The number of hydrogen-bond donors (Lipinski definition) is 3. The van der Waals surface area contributed by atoms with E-state index in [9.17, 15) is 9.59 Å². The first kappa shape index (κ1) is 15.8. The molecule has 110 valence electrons. The van der Waals surface area contributed by atoms with Gasteiger partial charge in [0.2, 0.25) is 11.8 Å². The van der Waals surface area contributed by atoms with Crippen LogP contribution in [0, 0.1) is 0 Å². The van der Waals surface area contributed by atoms with Gasteiger partial charge in [-0.25, -0.2) is 0 Å². The van der Waals surface area contributed by atoms with Crippen LogP contribution in [0.3, 0.4) is 0 Å². The number of amides is 2. The predicted molar refractivity (Wildman–Crippen MR) is 77.3 cm³/mol. The van der Waals surface area contributed by atoms with Gasteiger partial charge in [0.15, 0.2) is 0 Å². The number of nitrogens with one attached hydrogen (secondary N) is 1. The zero-order valence-corrected chi connectivity index (χ0v) is 11.8. The fourth-order valence-electron chi connectivity index (χ4n) is 1.63. The number of ether oxygens (including phenoxy) is 1. The molecule has 0 aliphatic heterocycles. The van der Waals surface area contributed by atoms with Gasteiger partial charge in [0.25, 0.3) is 0 Å². The highest BCUT2D eigenvalue weighted by Gasteiger charge is 2.20. The van der Waals surface area contributed by atoms with Gasteiger partial charge >= 0.3 is 0 Å². The molecule has 1 atom stereocenters. The molecular formula is C13H20N4O3. The van der Waals surface area contributed by atoms with Gasteiger partial charge in [0.05, 0.1) is 25.4 Å². The molecular weight excluding hydrogens is 260 g/mol. The zero-order valence-electron chi connectivity index (χ0n) is 11.8. The van der Waals surface area contributed by atoms with E-state index < -0.39 is 11.9 Å². The minimum atomic E-state index is -0.509. The van der Waals surface area contributed by atoms with Crippen LogP contribution < -0.4 is 21.5 Å². The number of rotatable bonds is 6. The fraction of sp³-hybridized carbons (Fsp3) is 0.385. The first-order valence-corrected chi connectivity index (χ1v) is 6.08. The van der Waals surface area contributed by atoms with E-state index in [0.717, 1.165) is 0 Å². The van der Waals surface area contributed by atoms with Crippen LogP contribution in [0.25, 0.3) is 0 Å². The van der Waals surface area contributed by atoms with Gasteiger partial charge in [-0.1, -0.05) is 0 Å². The predicted octanol–water partition coefficient (Wildman–Crippen LogP) is 0.0215. The molecule has 7 nitrogen and oxygen atoms in total. The molecule has 20 heavy (non-hydrogen) atoms. The fourth-order valence-corrected chi connectivity index (χ4v) is 1.63. The number of methoxy groups -OCH3 is 1. The Labute approximate surface area is 117 Å². The van der Waals surface area contributed by atoms with Crippen LogP contribution in [0.1, 0.15) is 6.92 Å². The molecule has 0 saturated carbocycles. The zero-order chi connectivity index (χ0) is 15.3. The second-order valence-corrected chi connectivity index (χ2v) is 4.51. The molecule has 2 amide bonds. The summed E-state index contributed by atoms with van der Waals surface area (Å²) in [5.41, 5.74) is 11.8. The minimum absolute atomic E-state index is 0.00740. The maximum Gasteiger partial charge on any atom is 0.241 e. The Balaban J connectivity index is 2.77. The summed E-state index contributed by atoms with van der Waals surface area (Å²) in [4.78, 5) is 24.5. The van der Waals surface area contributed by atoms with Crippen LogP contribution in [0.4, 0.5) is 11.4 Å². The molecule has 0 spiro atoms. The highest BCUT2D eigenvalue weighted by Crippen LogP contribution is 2.26. The summed E-state index contributed by atoms with van der Waals surface area (Å²) in [5, 5.41) is 2.73. The van der Waals surface area contributed by atoms with Crippen molar-refractivity contribution < 1.29 is 14.3 Å². The Morgan fingerprint density at radius 3 is 2.65 bits per heavy atom. The molecule has 1 aromatic rings. The van der Waals surface area contributed by atoms with Crippen molar-refractivity contribution in [3.05, 3.63) is 18.2 Å². The number of primary amides is 1. The summed E-state index contributed by atoms with van der Waals surface area (Å²) >= 11 is 0. The van der Waals surface area contributed by atoms with Gasteiger partial charge in [-0.15, -0.1) is 0 Å². The third-order valence-corrected chi connectivity index (χ3v) is 2.93. The summed E-state index contributed by atoms with van der Waals surface area (Å²) in [5.74, 6) is -0.280. The SMILES string of the molecule is COc1cc(N)ccc1NC(=O)C(C)N(C)CC(N)=O. The summed E-state index contributed by atoms with van der Waals surface area (Å²) in [6.45, 7) is 1.69. The topological polar surface area (TPSA) is 111 Å². The average Bonchev–Trinajstić information content (AvgIpc) is 2.38. The monoisotopic (exact) mass is 280 g/mol. The lowest BCUT2D eigenvalue weighted by Gasteiger charge is -2.22. The molecule has 0 aromatic heterocycles. The third-order valence-electron chi connectivity index (χ3n) is 2.93.